The lowest BCUT2D eigenvalue weighted by Gasteiger charge is -2.16. The van der Waals surface area contributed by atoms with Gasteiger partial charge in [0.15, 0.2) is 11.6 Å². The molecule has 5 rings (SSSR count). The Morgan fingerprint density at radius 1 is 1.00 bits per heavy atom. The Labute approximate surface area is 229 Å². The highest BCUT2D eigenvalue weighted by atomic mass is 32.1. The minimum absolute atomic E-state index is 0.346. The minimum atomic E-state index is -0.960. The van der Waals surface area contributed by atoms with E-state index < -0.39 is 17.7 Å². The second kappa shape index (κ2) is 12.4. The average molecular weight is 547 g/mol. The number of rotatable bonds is 7. The first-order valence-corrected chi connectivity index (χ1v) is 13.2. The van der Waals surface area contributed by atoms with Gasteiger partial charge < -0.3 is 16.4 Å². The monoisotopic (exact) mass is 546 g/mol. The number of thiophene rings is 1. The Bertz CT molecular complexity index is 1610. The molecule has 1 atom stereocenters. The number of anilines is 2. The zero-order valence-electron chi connectivity index (χ0n) is 21.7. The lowest BCUT2D eigenvalue weighted by atomic mass is 10.1. The molecule has 3 heterocycles. The van der Waals surface area contributed by atoms with Gasteiger partial charge in [0, 0.05) is 21.3 Å². The standard InChI is InChI=1S/C27H22F2N6OS.C2H6/c1-15(16-4-7-21(28)22(29)12-16)35-27(36)19-3-2-10-31-26(19)32-13-18-6-9-24(37-18)17-5-8-23-20(11-17)25(30)34-14-33-23;1-2/h2-12,14-15H,13H2,1H3,(H,31,32)(H,35,36)(H2,30,33,34);1-2H3. The van der Waals surface area contributed by atoms with Crippen molar-refractivity contribution in [1.82, 2.24) is 20.3 Å². The number of aromatic nitrogens is 3. The highest BCUT2D eigenvalue weighted by Gasteiger charge is 2.17. The Kier molecular flexibility index (Phi) is 8.77. The van der Waals surface area contributed by atoms with Crippen LogP contribution in [0.15, 0.2) is 73.2 Å². The lowest BCUT2D eigenvalue weighted by molar-refractivity contribution is 0.0940. The number of benzene rings is 2. The van der Waals surface area contributed by atoms with Crippen molar-refractivity contribution in [3.05, 3.63) is 101 Å². The van der Waals surface area contributed by atoms with Crippen molar-refractivity contribution in [3.63, 3.8) is 0 Å². The van der Waals surface area contributed by atoms with E-state index in [1.807, 2.05) is 44.2 Å². The number of carbonyl (C=O) groups excluding carboxylic acids is 1. The van der Waals surface area contributed by atoms with Gasteiger partial charge in [-0.15, -0.1) is 11.3 Å². The summed E-state index contributed by atoms with van der Waals surface area (Å²) in [6, 6.07) is 16.3. The number of hydrogen-bond donors (Lipinski definition) is 3. The highest BCUT2D eigenvalue weighted by molar-refractivity contribution is 7.15. The van der Waals surface area contributed by atoms with E-state index in [2.05, 4.69) is 25.6 Å². The molecule has 0 aliphatic carbocycles. The van der Waals surface area contributed by atoms with Crippen molar-refractivity contribution < 1.29 is 13.6 Å². The smallest absolute Gasteiger partial charge is 0.255 e. The van der Waals surface area contributed by atoms with Gasteiger partial charge in [0.2, 0.25) is 0 Å². The maximum absolute atomic E-state index is 13.6. The summed E-state index contributed by atoms with van der Waals surface area (Å²) in [5.41, 5.74) is 8.60. The Hall–Kier alpha value is -4.44. The lowest BCUT2D eigenvalue weighted by Crippen LogP contribution is -2.27. The van der Waals surface area contributed by atoms with Crippen LogP contribution in [0.5, 0.6) is 0 Å². The number of nitrogens with one attached hydrogen (secondary N) is 2. The van der Waals surface area contributed by atoms with E-state index in [0.29, 0.717) is 29.3 Å². The molecule has 4 N–H and O–H groups in total. The molecular weight excluding hydrogens is 518 g/mol. The molecule has 1 unspecified atom stereocenters. The number of pyridine rings is 1. The van der Waals surface area contributed by atoms with E-state index >= 15 is 0 Å². The highest BCUT2D eigenvalue weighted by Crippen LogP contribution is 2.31. The topological polar surface area (TPSA) is 106 Å². The number of nitrogen functional groups attached to an aromatic ring is 1. The van der Waals surface area contributed by atoms with Crippen LogP contribution < -0.4 is 16.4 Å². The maximum Gasteiger partial charge on any atom is 0.255 e. The van der Waals surface area contributed by atoms with Crippen LogP contribution in [0, 0.1) is 11.6 Å². The van der Waals surface area contributed by atoms with Crippen LogP contribution in [0.25, 0.3) is 21.3 Å². The third-order valence-corrected chi connectivity index (χ3v) is 7.02. The minimum Gasteiger partial charge on any atom is -0.383 e. The summed E-state index contributed by atoms with van der Waals surface area (Å²) in [7, 11) is 0. The molecule has 0 aliphatic heterocycles. The summed E-state index contributed by atoms with van der Waals surface area (Å²) in [4.78, 5) is 27.7. The SMILES string of the molecule is CC.CC(NC(=O)c1cccnc1NCc1ccc(-c2ccc3ncnc(N)c3c2)s1)c1ccc(F)c(F)c1. The molecule has 200 valence electrons. The van der Waals surface area contributed by atoms with Gasteiger partial charge >= 0.3 is 0 Å². The van der Waals surface area contributed by atoms with Gasteiger partial charge in [-0.25, -0.2) is 23.7 Å². The van der Waals surface area contributed by atoms with Gasteiger partial charge in [0.05, 0.1) is 23.7 Å². The van der Waals surface area contributed by atoms with E-state index in [9.17, 15) is 13.6 Å². The van der Waals surface area contributed by atoms with Crippen LogP contribution in [-0.4, -0.2) is 20.9 Å². The van der Waals surface area contributed by atoms with Crippen LogP contribution >= 0.6 is 11.3 Å². The van der Waals surface area contributed by atoms with Crippen LogP contribution in [0.1, 0.15) is 47.6 Å². The largest absolute Gasteiger partial charge is 0.383 e. The first kappa shape index (κ1) is 27.6. The summed E-state index contributed by atoms with van der Waals surface area (Å²) < 4.78 is 26.9. The second-order valence-corrected chi connectivity index (χ2v) is 9.55. The number of nitrogens with zero attached hydrogens (tertiary/aromatic N) is 3. The van der Waals surface area contributed by atoms with E-state index in [1.54, 1.807) is 36.6 Å². The average Bonchev–Trinajstić information content (AvgIpc) is 3.44. The molecular formula is C29H28F2N6OS. The third kappa shape index (κ3) is 6.35. The number of nitrogens with two attached hydrogens (primary N) is 1. The molecule has 0 radical (unpaired) electrons. The maximum atomic E-state index is 13.6. The Morgan fingerprint density at radius 3 is 2.62 bits per heavy atom. The predicted molar refractivity (Wildman–Crippen MR) is 152 cm³/mol. The summed E-state index contributed by atoms with van der Waals surface area (Å²) in [6.45, 7) is 6.16. The number of hydrogen-bond acceptors (Lipinski definition) is 7. The predicted octanol–water partition coefficient (Wildman–Crippen LogP) is 6.74. The molecule has 3 aromatic heterocycles. The van der Waals surface area contributed by atoms with Crippen LogP contribution in [0.3, 0.4) is 0 Å². The van der Waals surface area contributed by atoms with Gasteiger partial charge in [-0.1, -0.05) is 26.0 Å². The summed E-state index contributed by atoms with van der Waals surface area (Å²) in [5, 5.41) is 6.85. The van der Waals surface area contributed by atoms with E-state index in [0.717, 1.165) is 38.4 Å². The van der Waals surface area contributed by atoms with Gasteiger partial charge in [-0.2, -0.15) is 0 Å². The molecule has 0 fully saturated rings. The molecule has 0 aliphatic rings. The van der Waals surface area contributed by atoms with E-state index in [1.165, 1.54) is 12.4 Å². The first-order valence-electron chi connectivity index (χ1n) is 12.4. The fourth-order valence-corrected chi connectivity index (χ4v) is 4.84. The Morgan fingerprint density at radius 2 is 1.82 bits per heavy atom. The molecule has 10 heteroatoms. The van der Waals surface area contributed by atoms with Crippen molar-refractivity contribution in [2.45, 2.75) is 33.4 Å². The number of halogens is 2. The quantitative estimate of drug-likeness (QED) is 0.209. The fourth-order valence-electron chi connectivity index (χ4n) is 3.90. The zero-order chi connectivity index (χ0) is 27.9. The summed E-state index contributed by atoms with van der Waals surface area (Å²) in [5.74, 6) is -1.42. The molecule has 1 amide bonds. The molecule has 0 saturated heterocycles. The molecule has 39 heavy (non-hydrogen) atoms. The number of amides is 1. The van der Waals surface area contributed by atoms with Crippen molar-refractivity contribution in [3.8, 4) is 10.4 Å². The summed E-state index contributed by atoms with van der Waals surface area (Å²) >= 11 is 1.61. The zero-order valence-corrected chi connectivity index (χ0v) is 22.5. The van der Waals surface area contributed by atoms with Gasteiger partial charge in [-0.05, 0) is 66.6 Å². The normalized spacial score (nSPS) is 11.4. The van der Waals surface area contributed by atoms with Crippen molar-refractivity contribution in [2.75, 3.05) is 11.1 Å². The van der Waals surface area contributed by atoms with Crippen molar-refractivity contribution in [2.24, 2.45) is 0 Å². The van der Waals surface area contributed by atoms with Crippen molar-refractivity contribution >= 4 is 39.8 Å². The van der Waals surface area contributed by atoms with Crippen LogP contribution in [0.2, 0.25) is 0 Å². The Balaban J connectivity index is 0.00000172. The van der Waals surface area contributed by atoms with E-state index in [4.69, 9.17) is 5.73 Å². The third-order valence-electron chi connectivity index (χ3n) is 5.89. The second-order valence-electron chi connectivity index (χ2n) is 8.38. The molecule has 0 bridgehead atoms. The first-order chi connectivity index (χ1) is 18.9. The molecule has 2 aromatic carbocycles. The number of carbonyl (C=O) groups is 1. The fraction of sp³-hybridized carbons (Fsp3) is 0.172. The van der Waals surface area contributed by atoms with Gasteiger partial charge in [0.1, 0.15) is 18.0 Å². The molecule has 5 aromatic rings. The van der Waals surface area contributed by atoms with Crippen LogP contribution in [0.4, 0.5) is 20.4 Å². The summed E-state index contributed by atoms with van der Waals surface area (Å²) in [6.07, 6.45) is 3.04. The molecule has 0 spiro atoms. The number of fused-ring (bicyclic) bond motifs is 1. The van der Waals surface area contributed by atoms with E-state index in [-0.39, 0.29) is 5.91 Å². The van der Waals surface area contributed by atoms with Crippen LogP contribution in [-0.2, 0) is 6.54 Å². The van der Waals surface area contributed by atoms with Crippen molar-refractivity contribution in [1.29, 1.82) is 0 Å². The molecule has 7 nitrogen and oxygen atoms in total. The molecule has 0 saturated carbocycles. The van der Waals surface area contributed by atoms with Gasteiger partial charge in [-0.3, -0.25) is 4.79 Å². The van der Waals surface area contributed by atoms with Gasteiger partial charge in [0.25, 0.3) is 5.91 Å².